The molecule has 222 valence electrons. The van der Waals surface area contributed by atoms with Crippen LogP contribution in [0.15, 0.2) is 54.9 Å². The first-order valence-electron chi connectivity index (χ1n) is 13.4. The van der Waals surface area contributed by atoms with Crippen LogP contribution in [0.1, 0.15) is 50.9 Å². The third-order valence-electron chi connectivity index (χ3n) is 6.61. The molecule has 0 bridgehead atoms. The number of rotatable bonds is 12. The number of hydrogen-bond acceptors (Lipinski definition) is 8. The van der Waals surface area contributed by atoms with Gasteiger partial charge in [-0.1, -0.05) is 19.1 Å². The summed E-state index contributed by atoms with van der Waals surface area (Å²) < 4.78 is 42.5. The summed E-state index contributed by atoms with van der Waals surface area (Å²) >= 11 is 0. The molecule has 0 saturated carbocycles. The highest BCUT2D eigenvalue weighted by molar-refractivity contribution is 5.98. The van der Waals surface area contributed by atoms with E-state index in [0.29, 0.717) is 22.9 Å². The first-order valence-corrected chi connectivity index (χ1v) is 13.4. The summed E-state index contributed by atoms with van der Waals surface area (Å²) in [4.78, 5) is 21.8. The normalized spacial score (nSPS) is 12.4. The van der Waals surface area contributed by atoms with Crippen LogP contribution < -0.4 is 10.6 Å². The SMILES string of the molecule is CCc1cc(-n2nc(C)cc2Nc2cc(CC(=O)c3cc(CNC[C@H](O)CO)cc(C(F)(F)F)c3)ccc2C)ncn1. The van der Waals surface area contributed by atoms with E-state index in [4.69, 9.17) is 5.11 Å². The fraction of sp³-hybridized carbons (Fsp3) is 0.333. The number of nitrogens with zero attached hydrogens (tertiary/aromatic N) is 4. The quantitative estimate of drug-likeness (QED) is 0.180. The van der Waals surface area contributed by atoms with E-state index in [-0.39, 0.29) is 30.6 Å². The van der Waals surface area contributed by atoms with Gasteiger partial charge in [0.05, 0.1) is 24.0 Å². The number of ketones is 1. The molecule has 0 amide bonds. The largest absolute Gasteiger partial charge is 0.416 e. The molecule has 2 aromatic heterocycles. The van der Waals surface area contributed by atoms with Crippen molar-refractivity contribution in [2.75, 3.05) is 18.5 Å². The third-order valence-corrected chi connectivity index (χ3v) is 6.61. The summed E-state index contributed by atoms with van der Waals surface area (Å²) in [5, 5.41) is 29.1. The summed E-state index contributed by atoms with van der Waals surface area (Å²) in [7, 11) is 0. The van der Waals surface area contributed by atoms with Crippen LogP contribution in [0.4, 0.5) is 24.7 Å². The summed E-state index contributed by atoms with van der Waals surface area (Å²) in [5.74, 6) is 0.782. The van der Waals surface area contributed by atoms with Crippen LogP contribution in [0, 0.1) is 13.8 Å². The van der Waals surface area contributed by atoms with Gasteiger partial charge in [0.15, 0.2) is 11.6 Å². The highest BCUT2D eigenvalue weighted by atomic mass is 19.4. The molecule has 0 aliphatic heterocycles. The Hall–Kier alpha value is -4.13. The molecule has 2 aromatic carbocycles. The smallest absolute Gasteiger partial charge is 0.394 e. The van der Waals surface area contributed by atoms with Crippen molar-refractivity contribution in [3.8, 4) is 5.82 Å². The minimum Gasteiger partial charge on any atom is -0.394 e. The Labute approximate surface area is 241 Å². The molecule has 4 N–H and O–H groups in total. The maximum absolute atomic E-state index is 13.6. The van der Waals surface area contributed by atoms with E-state index in [0.717, 1.165) is 35.5 Å². The molecule has 2 heterocycles. The number of aryl methyl sites for hydroxylation is 3. The fourth-order valence-electron chi connectivity index (χ4n) is 4.36. The molecule has 9 nitrogen and oxygen atoms in total. The first-order chi connectivity index (χ1) is 20.0. The predicted molar refractivity (Wildman–Crippen MR) is 152 cm³/mol. The van der Waals surface area contributed by atoms with Crippen molar-refractivity contribution < 1.29 is 28.2 Å². The van der Waals surface area contributed by atoms with Crippen LogP contribution in [-0.2, 0) is 25.6 Å². The molecule has 0 aliphatic rings. The van der Waals surface area contributed by atoms with E-state index in [9.17, 15) is 23.1 Å². The molecule has 0 radical (unpaired) electrons. The topological polar surface area (TPSA) is 125 Å². The first kappa shape index (κ1) is 30.8. The van der Waals surface area contributed by atoms with Crippen molar-refractivity contribution in [3.05, 3.63) is 94.1 Å². The Balaban J connectivity index is 1.57. The van der Waals surface area contributed by atoms with Crippen LogP contribution in [0.25, 0.3) is 5.82 Å². The number of nitrogens with one attached hydrogen (secondary N) is 2. The lowest BCUT2D eigenvalue weighted by molar-refractivity contribution is -0.137. The van der Waals surface area contributed by atoms with Crippen LogP contribution in [0.3, 0.4) is 0 Å². The van der Waals surface area contributed by atoms with E-state index in [1.54, 1.807) is 16.8 Å². The average molecular weight is 583 g/mol. The third kappa shape index (κ3) is 7.78. The van der Waals surface area contributed by atoms with Gasteiger partial charge in [-0.15, -0.1) is 0 Å². The number of anilines is 2. The van der Waals surface area contributed by atoms with E-state index >= 15 is 0 Å². The molecule has 0 saturated heterocycles. The van der Waals surface area contributed by atoms with Gasteiger partial charge in [-0.3, -0.25) is 4.79 Å². The lowest BCUT2D eigenvalue weighted by atomic mass is 9.97. The number of carbonyl (C=O) groups is 1. The summed E-state index contributed by atoms with van der Waals surface area (Å²) in [6, 6.07) is 12.4. The molecule has 12 heteroatoms. The molecular formula is C30H33F3N6O3. The second-order valence-electron chi connectivity index (χ2n) is 10.1. The Bertz CT molecular complexity index is 1550. The number of aromatic nitrogens is 4. The average Bonchev–Trinajstić information content (AvgIpc) is 3.33. The lowest BCUT2D eigenvalue weighted by Crippen LogP contribution is -2.29. The van der Waals surface area contributed by atoms with Crippen molar-refractivity contribution in [1.29, 1.82) is 0 Å². The Kier molecular flexibility index (Phi) is 9.71. The van der Waals surface area contributed by atoms with Crippen molar-refractivity contribution in [2.45, 2.75) is 52.4 Å². The monoisotopic (exact) mass is 582 g/mol. The number of alkyl halides is 3. The molecule has 42 heavy (non-hydrogen) atoms. The zero-order chi connectivity index (χ0) is 30.4. The van der Waals surface area contributed by atoms with E-state index in [1.807, 2.05) is 39.0 Å². The molecule has 0 fully saturated rings. The van der Waals surface area contributed by atoms with Gasteiger partial charge in [0, 0.05) is 48.6 Å². The van der Waals surface area contributed by atoms with Gasteiger partial charge < -0.3 is 20.8 Å². The van der Waals surface area contributed by atoms with Crippen molar-refractivity contribution >= 4 is 17.3 Å². The van der Waals surface area contributed by atoms with Gasteiger partial charge in [-0.25, -0.2) is 9.97 Å². The van der Waals surface area contributed by atoms with Gasteiger partial charge in [-0.05, 0) is 61.2 Å². The fourth-order valence-corrected chi connectivity index (χ4v) is 4.36. The Morgan fingerprint density at radius 2 is 1.83 bits per heavy atom. The summed E-state index contributed by atoms with van der Waals surface area (Å²) in [5.41, 5.74) is 3.10. The minimum atomic E-state index is -4.64. The lowest BCUT2D eigenvalue weighted by Gasteiger charge is -2.15. The van der Waals surface area contributed by atoms with E-state index in [1.165, 1.54) is 12.4 Å². The van der Waals surface area contributed by atoms with Crippen LogP contribution in [0.2, 0.25) is 0 Å². The van der Waals surface area contributed by atoms with Crippen molar-refractivity contribution in [3.63, 3.8) is 0 Å². The number of hydrogen-bond donors (Lipinski definition) is 4. The second-order valence-corrected chi connectivity index (χ2v) is 10.1. The van der Waals surface area contributed by atoms with Crippen LogP contribution in [-0.4, -0.2) is 55.0 Å². The van der Waals surface area contributed by atoms with Crippen LogP contribution >= 0.6 is 0 Å². The van der Waals surface area contributed by atoms with Crippen molar-refractivity contribution in [2.24, 2.45) is 0 Å². The molecular weight excluding hydrogens is 549 g/mol. The molecule has 0 aliphatic carbocycles. The van der Waals surface area contributed by atoms with Crippen LogP contribution in [0.5, 0.6) is 0 Å². The predicted octanol–water partition coefficient (Wildman–Crippen LogP) is 4.47. The maximum atomic E-state index is 13.6. The van der Waals surface area contributed by atoms with Gasteiger partial charge in [0.1, 0.15) is 12.1 Å². The summed E-state index contributed by atoms with van der Waals surface area (Å²) in [6.45, 7) is 5.26. The molecule has 0 spiro atoms. The maximum Gasteiger partial charge on any atom is 0.416 e. The molecule has 4 aromatic rings. The van der Waals surface area contributed by atoms with Gasteiger partial charge in [0.25, 0.3) is 0 Å². The Morgan fingerprint density at radius 3 is 2.55 bits per heavy atom. The zero-order valence-electron chi connectivity index (χ0n) is 23.5. The van der Waals surface area contributed by atoms with Crippen molar-refractivity contribution in [1.82, 2.24) is 25.1 Å². The minimum absolute atomic E-state index is 0.00934. The number of carbonyl (C=O) groups excluding carboxylic acids is 1. The highest BCUT2D eigenvalue weighted by Crippen LogP contribution is 2.31. The standard InChI is InChI=1S/C30H33F3N6O3/c1-4-24-13-28(36-17-35-24)39-29(7-19(3)38-39)37-26-10-20(6-5-18(26)2)11-27(42)22-8-21(14-34-15-25(41)16-40)9-23(12-22)30(31,32)33/h5-10,12-13,17,25,34,37,40-41H,4,11,14-16H2,1-3H3/t25-/m0/s1. The summed E-state index contributed by atoms with van der Waals surface area (Å²) in [6.07, 6.45) is -3.57. The number of aliphatic hydroxyl groups is 2. The Morgan fingerprint density at radius 1 is 1.05 bits per heavy atom. The highest BCUT2D eigenvalue weighted by Gasteiger charge is 2.31. The number of benzene rings is 2. The number of aliphatic hydroxyl groups excluding tert-OH is 2. The molecule has 4 rings (SSSR count). The van der Waals surface area contributed by atoms with E-state index < -0.39 is 30.2 Å². The molecule has 1 atom stereocenters. The van der Waals surface area contributed by atoms with Gasteiger partial charge in [0.2, 0.25) is 0 Å². The molecule has 0 unspecified atom stereocenters. The zero-order valence-corrected chi connectivity index (χ0v) is 23.5. The van der Waals surface area contributed by atoms with Gasteiger partial charge >= 0.3 is 6.18 Å². The second kappa shape index (κ2) is 13.2. The number of halogens is 3. The van der Waals surface area contributed by atoms with Gasteiger partial charge in [-0.2, -0.15) is 23.0 Å². The number of Topliss-reactive ketones (excluding diaryl/α,β-unsaturated/α-hetero) is 1. The van der Waals surface area contributed by atoms with E-state index in [2.05, 4.69) is 25.7 Å².